The van der Waals surface area contributed by atoms with Gasteiger partial charge in [-0.25, -0.2) is 9.97 Å². The lowest BCUT2D eigenvalue weighted by molar-refractivity contribution is -0.138. The molecular formula is C20H11F3N4OS2. The van der Waals surface area contributed by atoms with Crippen LogP contribution in [0.15, 0.2) is 57.7 Å². The van der Waals surface area contributed by atoms with Crippen LogP contribution < -0.4 is 5.56 Å². The number of benzene rings is 1. The molecule has 0 bridgehead atoms. The number of rotatable bonds is 4. The monoisotopic (exact) mass is 444 g/mol. The van der Waals surface area contributed by atoms with Crippen LogP contribution in [0.4, 0.5) is 13.2 Å². The second-order valence-corrected chi connectivity index (χ2v) is 8.05. The van der Waals surface area contributed by atoms with Gasteiger partial charge < -0.3 is 4.98 Å². The number of pyridine rings is 1. The highest BCUT2D eigenvalue weighted by atomic mass is 32.2. The lowest BCUT2D eigenvalue weighted by atomic mass is 10.1. The fourth-order valence-corrected chi connectivity index (χ4v) is 4.41. The molecule has 1 aromatic carbocycles. The van der Waals surface area contributed by atoms with Gasteiger partial charge in [0.2, 0.25) is 0 Å². The van der Waals surface area contributed by atoms with Gasteiger partial charge >= 0.3 is 6.18 Å². The molecule has 0 amide bonds. The number of thiophene rings is 1. The van der Waals surface area contributed by atoms with Crippen molar-refractivity contribution in [3.63, 3.8) is 0 Å². The Balaban J connectivity index is 1.76. The number of aromatic nitrogens is 3. The van der Waals surface area contributed by atoms with Crippen molar-refractivity contribution < 1.29 is 13.2 Å². The maximum atomic E-state index is 13.6. The summed E-state index contributed by atoms with van der Waals surface area (Å²) in [7, 11) is 0. The Hall–Kier alpha value is -3.16. The number of halogens is 3. The molecule has 0 saturated heterocycles. The highest BCUT2D eigenvalue weighted by Crippen LogP contribution is 2.39. The molecule has 30 heavy (non-hydrogen) atoms. The predicted molar refractivity (Wildman–Crippen MR) is 109 cm³/mol. The summed E-state index contributed by atoms with van der Waals surface area (Å²) in [6.45, 7) is 0. The van der Waals surface area contributed by atoms with E-state index in [1.165, 1.54) is 11.3 Å². The molecule has 0 aliphatic heterocycles. The molecular weight excluding hydrogens is 433 g/mol. The molecule has 0 saturated carbocycles. The summed E-state index contributed by atoms with van der Waals surface area (Å²) < 4.78 is 40.7. The van der Waals surface area contributed by atoms with Gasteiger partial charge in [-0.2, -0.15) is 18.4 Å². The highest BCUT2D eigenvalue weighted by Gasteiger charge is 2.36. The third-order valence-corrected chi connectivity index (χ3v) is 6.06. The number of nitrogens with one attached hydrogen (secondary N) is 1. The molecule has 150 valence electrons. The van der Waals surface area contributed by atoms with Gasteiger partial charge in [0.15, 0.2) is 0 Å². The Morgan fingerprint density at radius 3 is 2.67 bits per heavy atom. The minimum atomic E-state index is -4.70. The standard InChI is InChI=1S/C20H11F3N4OS2/c21-20(22,23)13-8-15(16-6-3-7-29-16)26-19(12(13)9-24)30-10-17-25-14-5-2-1-4-11(14)18(28)27-17/h1-8H,10H2,(H,25,27,28). The van der Waals surface area contributed by atoms with Gasteiger partial charge in [0.25, 0.3) is 5.56 Å². The first-order chi connectivity index (χ1) is 14.4. The van der Waals surface area contributed by atoms with Gasteiger partial charge in [-0.1, -0.05) is 30.0 Å². The van der Waals surface area contributed by atoms with Crippen LogP contribution in [-0.2, 0) is 11.9 Å². The Morgan fingerprint density at radius 2 is 1.97 bits per heavy atom. The maximum absolute atomic E-state index is 13.6. The van der Waals surface area contributed by atoms with Crippen LogP contribution in [0.3, 0.4) is 0 Å². The van der Waals surface area contributed by atoms with Gasteiger partial charge in [-0.3, -0.25) is 4.79 Å². The number of alkyl halides is 3. The van der Waals surface area contributed by atoms with Crippen molar-refractivity contribution in [2.45, 2.75) is 17.0 Å². The van der Waals surface area contributed by atoms with Crippen molar-refractivity contribution in [3.05, 3.63) is 75.1 Å². The molecule has 4 rings (SSSR count). The minimum Gasteiger partial charge on any atom is -0.309 e. The summed E-state index contributed by atoms with van der Waals surface area (Å²) >= 11 is 2.18. The van der Waals surface area contributed by atoms with Crippen LogP contribution in [-0.4, -0.2) is 15.0 Å². The van der Waals surface area contributed by atoms with Crippen molar-refractivity contribution in [1.29, 1.82) is 5.26 Å². The zero-order chi connectivity index (χ0) is 21.3. The smallest absolute Gasteiger partial charge is 0.309 e. The van der Waals surface area contributed by atoms with E-state index in [4.69, 9.17) is 0 Å². The average molecular weight is 444 g/mol. The van der Waals surface area contributed by atoms with Crippen LogP contribution in [0.5, 0.6) is 0 Å². The number of hydrogen-bond donors (Lipinski definition) is 1. The number of hydrogen-bond acceptors (Lipinski definition) is 6. The summed E-state index contributed by atoms with van der Waals surface area (Å²) in [5, 5.41) is 11.5. The van der Waals surface area contributed by atoms with Crippen molar-refractivity contribution in [2.24, 2.45) is 0 Å². The van der Waals surface area contributed by atoms with Gasteiger partial charge in [0, 0.05) is 0 Å². The number of H-pyrrole nitrogens is 1. The first-order valence-electron chi connectivity index (χ1n) is 8.54. The molecule has 0 unspecified atom stereocenters. The van der Waals surface area contributed by atoms with Crippen LogP contribution >= 0.6 is 23.1 Å². The minimum absolute atomic E-state index is 0.0486. The zero-order valence-corrected chi connectivity index (χ0v) is 16.7. The van der Waals surface area contributed by atoms with E-state index in [0.29, 0.717) is 15.8 Å². The molecule has 3 aromatic heterocycles. The highest BCUT2D eigenvalue weighted by molar-refractivity contribution is 7.98. The molecule has 3 heterocycles. The molecule has 10 heteroatoms. The Bertz CT molecular complexity index is 1320. The van der Waals surface area contributed by atoms with Crippen molar-refractivity contribution in [2.75, 3.05) is 0 Å². The Kier molecular flexibility index (Phi) is 5.32. The zero-order valence-electron chi connectivity index (χ0n) is 15.0. The van der Waals surface area contributed by atoms with Gasteiger partial charge in [-0.05, 0) is 29.6 Å². The maximum Gasteiger partial charge on any atom is 0.417 e. The van der Waals surface area contributed by atoms with Crippen molar-refractivity contribution in [3.8, 4) is 16.6 Å². The molecule has 0 fully saturated rings. The van der Waals surface area contributed by atoms with E-state index in [9.17, 15) is 23.2 Å². The number of para-hydroxylation sites is 1. The molecule has 1 N–H and O–H groups in total. The van der Waals surface area contributed by atoms with Gasteiger partial charge in [-0.15, -0.1) is 11.3 Å². The molecule has 0 aliphatic rings. The summed E-state index contributed by atoms with van der Waals surface area (Å²) in [5.41, 5.74) is -1.30. The summed E-state index contributed by atoms with van der Waals surface area (Å²) in [5.74, 6) is 0.330. The average Bonchev–Trinajstić information content (AvgIpc) is 3.26. The van der Waals surface area contributed by atoms with Crippen molar-refractivity contribution >= 4 is 34.0 Å². The van der Waals surface area contributed by atoms with Crippen molar-refractivity contribution in [1.82, 2.24) is 15.0 Å². The van der Waals surface area contributed by atoms with E-state index < -0.39 is 17.3 Å². The van der Waals surface area contributed by atoms with E-state index in [2.05, 4.69) is 15.0 Å². The number of nitrogens with zero attached hydrogens (tertiary/aromatic N) is 3. The number of thioether (sulfide) groups is 1. The summed E-state index contributed by atoms with van der Waals surface area (Å²) in [4.78, 5) is 24.0. The molecule has 0 aliphatic carbocycles. The number of fused-ring (bicyclic) bond motifs is 1. The topological polar surface area (TPSA) is 82.4 Å². The van der Waals surface area contributed by atoms with Crippen LogP contribution in [0.2, 0.25) is 0 Å². The quantitative estimate of drug-likeness (QED) is 0.436. The van der Waals surface area contributed by atoms with Gasteiger partial charge in [0.1, 0.15) is 16.9 Å². The van der Waals surface area contributed by atoms with E-state index in [-0.39, 0.29) is 27.9 Å². The lowest BCUT2D eigenvalue weighted by Gasteiger charge is -2.13. The van der Waals surface area contributed by atoms with E-state index in [1.54, 1.807) is 47.8 Å². The Morgan fingerprint density at radius 1 is 1.17 bits per heavy atom. The fraction of sp³-hybridized carbons (Fsp3) is 0.100. The van der Waals surface area contributed by atoms with Gasteiger partial charge in [0.05, 0.1) is 38.4 Å². The SMILES string of the molecule is N#Cc1c(C(F)(F)F)cc(-c2cccs2)nc1SCc1nc2ccccc2c(=O)[nH]1. The fourth-order valence-electron chi connectivity index (χ4n) is 2.85. The third kappa shape index (κ3) is 3.94. The first-order valence-corrected chi connectivity index (χ1v) is 10.4. The third-order valence-electron chi connectivity index (χ3n) is 4.18. The lowest BCUT2D eigenvalue weighted by Crippen LogP contribution is -2.12. The summed E-state index contributed by atoms with van der Waals surface area (Å²) in [6, 6.07) is 12.7. The van der Waals surface area contributed by atoms with E-state index >= 15 is 0 Å². The number of nitriles is 1. The second-order valence-electron chi connectivity index (χ2n) is 6.14. The largest absolute Gasteiger partial charge is 0.417 e. The number of aromatic amines is 1. The Labute approximate surface area is 176 Å². The van der Waals surface area contributed by atoms with Crippen LogP contribution in [0.25, 0.3) is 21.5 Å². The second kappa shape index (κ2) is 7.93. The molecule has 0 atom stereocenters. The van der Waals surface area contributed by atoms with Crippen LogP contribution in [0, 0.1) is 11.3 Å². The first kappa shape index (κ1) is 20.1. The predicted octanol–water partition coefficient (Wildman–Crippen LogP) is 5.23. The van der Waals surface area contributed by atoms with E-state index in [1.807, 2.05) is 0 Å². The molecule has 4 aromatic rings. The van der Waals surface area contributed by atoms with Crippen LogP contribution in [0.1, 0.15) is 17.0 Å². The normalized spacial score (nSPS) is 11.5. The molecule has 0 spiro atoms. The molecule has 5 nitrogen and oxygen atoms in total. The van der Waals surface area contributed by atoms with E-state index in [0.717, 1.165) is 17.8 Å². The molecule has 0 radical (unpaired) electrons. The summed E-state index contributed by atoms with van der Waals surface area (Å²) in [6.07, 6.45) is -4.70.